The van der Waals surface area contributed by atoms with Crippen LogP contribution < -0.4 is 0 Å². The summed E-state index contributed by atoms with van der Waals surface area (Å²) in [7, 11) is 0. The molecule has 0 fully saturated rings. The summed E-state index contributed by atoms with van der Waals surface area (Å²) in [6, 6.07) is 8.59. The molecule has 0 aliphatic carbocycles. The van der Waals surface area contributed by atoms with Crippen LogP contribution >= 0.6 is 0 Å². The van der Waals surface area contributed by atoms with Crippen LogP contribution in [0.5, 0.6) is 0 Å². The highest BCUT2D eigenvalue weighted by molar-refractivity contribution is 5.93. The van der Waals surface area contributed by atoms with Crippen LogP contribution in [0.2, 0.25) is 0 Å². The Balaban J connectivity index is 1.87. The quantitative estimate of drug-likeness (QED) is 0.854. The van der Waals surface area contributed by atoms with E-state index in [2.05, 4.69) is 56.9 Å². The number of benzene rings is 1. The van der Waals surface area contributed by atoms with E-state index in [9.17, 15) is 4.79 Å². The second kappa shape index (κ2) is 5.84. The Hall–Kier alpha value is -2.10. The van der Waals surface area contributed by atoms with Crippen molar-refractivity contribution in [1.82, 2.24) is 14.5 Å². The lowest BCUT2D eigenvalue weighted by molar-refractivity contribution is 0.0764. The number of fused-ring (bicyclic) bond motifs is 1. The lowest BCUT2D eigenvalue weighted by Gasteiger charge is -2.19. The van der Waals surface area contributed by atoms with Gasteiger partial charge in [0.1, 0.15) is 0 Å². The molecule has 1 amide bonds. The standard InChI is InChI=1S/C19H25N3O/c1-5-6-11-21-13-22-16(12-20-17(22)18(21)23)14-7-9-15(10-8-14)19(2,3)4/h7-10,12H,5-6,11,13H2,1-4H3. The minimum Gasteiger partial charge on any atom is -0.318 e. The third-order valence-electron chi connectivity index (χ3n) is 4.47. The van der Waals surface area contributed by atoms with Gasteiger partial charge < -0.3 is 9.47 Å². The van der Waals surface area contributed by atoms with Crippen molar-refractivity contribution < 1.29 is 4.79 Å². The van der Waals surface area contributed by atoms with E-state index in [-0.39, 0.29) is 11.3 Å². The average molecular weight is 311 g/mol. The van der Waals surface area contributed by atoms with Gasteiger partial charge in [0.2, 0.25) is 5.82 Å². The molecule has 23 heavy (non-hydrogen) atoms. The molecule has 1 aliphatic heterocycles. The summed E-state index contributed by atoms with van der Waals surface area (Å²) < 4.78 is 2.03. The number of carbonyl (C=O) groups excluding carboxylic acids is 1. The highest BCUT2D eigenvalue weighted by Gasteiger charge is 2.30. The van der Waals surface area contributed by atoms with Gasteiger partial charge in [0.15, 0.2) is 0 Å². The number of imidazole rings is 1. The Labute approximate surface area is 138 Å². The fourth-order valence-corrected chi connectivity index (χ4v) is 2.96. The first kappa shape index (κ1) is 15.8. The zero-order chi connectivity index (χ0) is 16.6. The Bertz CT molecular complexity index is 707. The van der Waals surface area contributed by atoms with E-state index in [1.54, 1.807) is 0 Å². The van der Waals surface area contributed by atoms with Gasteiger partial charge in [-0.2, -0.15) is 0 Å². The number of hydrogen-bond donors (Lipinski definition) is 0. The third kappa shape index (κ3) is 2.90. The van der Waals surface area contributed by atoms with Gasteiger partial charge in [-0.15, -0.1) is 0 Å². The highest BCUT2D eigenvalue weighted by atomic mass is 16.2. The summed E-state index contributed by atoms with van der Waals surface area (Å²) >= 11 is 0. The SMILES string of the molecule is CCCCN1Cn2c(-c3ccc(C(C)(C)C)cc3)cnc2C1=O. The van der Waals surface area contributed by atoms with Crippen LogP contribution in [0.4, 0.5) is 0 Å². The molecule has 4 heteroatoms. The van der Waals surface area contributed by atoms with E-state index in [0.717, 1.165) is 30.6 Å². The molecule has 0 saturated heterocycles. The monoisotopic (exact) mass is 311 g/mol. The Morgan fingerprint density at radius 2 is 1.87 bits per heavy atom. The van der Waals surface area contributed by atoms with E-state index in [4.69, 9.17) is 0 Å². The van der Waals surface area contributed by atoms with Crippen molar-refractivity contribution in [3.8, 4) is 11.3 Å². The molecule has 0 N–H and O–H groups in total. The zero-order valence-corrected chi connectivity index (χ0v) is 14.5. The second-order valence-electron chi connectivity index (χ2n) is 7.29. The molecular weight excluding hydrogens is 286 g/mol. The smallest absolute Gasteiger partial charge is 0.291 e. The predicted octanol–water partition coefficient (Wildman–Crippen LogP) is 4.06. The molecule has 1 aromatic carbocycles. The largest absolute Gasteiger partial charge is 0.318 e. The summed E-state index contributed by atoms with van der Waals surface area (Å²) in [6.07, 6.45) is 3.94. The second-order valence-corrected chi connectivity index (χ2v) is 7.29. The maximum absolute atomic E-state index is 12.4. The third-order valence-corrected chi connectivity index (χ3v) is 4.47. The zero-order valence-electron chi connectivity index (χ0n) is 14.5. The topological polar surface area (TPSA) is 38.1 Å². The summed E-state index contributed by atoms with van der Waals surface area (Å²) in [5.41, 5.74) is 3.59. The van der Waals surface area contributed by atoms with Crippen molar-refractivity contribution in [2.45, 2.75) is 52.6 Å². The molecule has 122 valence electrons. The van der Waals surface area contributed by atoms with Crippen molar-refractivity contribution in [3.05, 3.63) is 41.9 Å². The Morgan fingerprint density at radius 3 is 2.48 bits per heavy atom. The molecule has 0 spiro atoms. The molecule has 1 aliphatic rings. The Morgan fingerprint density at radius 1 is 1.17 bits per heavy atom. The molecular formula is C19H25N3O. The molecule has 0 saturated carbocycles. The molecule has 0 unspecified atom stereocenters. The fourth-order valence-electron chi connectivity index (χ4n) is 2.96. The molecule has 0 radical (unpaired) electrons. The molecule has 2 aromatic rings. The number of carbonyl (C=O) groups is 1. The van der Waals surface area contributed by atoms with Gasteiger partial charge in [0, 0.05) is 6.54 Å². The van der Waals surface area contributed by atoms with Crippen LogP contribution in [0, 0.1) is 0 Å². The molecule has 4 nitrogen and oxygen atoms in total. The van der Waals surface area contributed by atoms with Gasteiger partial charge in [-0.05, 0) is 23.0 Å². The Kier molecular flexibility index (Phi) is 4.00. The van der Waals surface area contributed by atoms with E-state index in [1.807, 2.05) is 15.7 Å². The van der Waals surface area contributed by atoms with E-state index in [0.29, 0.717) is 12.5 Å². The van der Waals surface area contributed by atoms with E-state index >= 15 is 0 Å². The molecule has 0 atom stereocenters. The predicted molar refractivity (Wildman–Crippen MR) is 92.3 cm³/mol. The number of amides is 1. The van der Waals surface area contributed by atoms with Crippen molar-refractivity contribution in [2.75, 3.05) is 6.54 Å². The van der Waals surface area contributed by atoms with E-state index in [1.165, 1.54) is 5.56 Å². The highest BCUT2D eigenvalue weighted by Crippen LogP contribution is 2.29. The van der Waals surface area contributed by atoms with E-state index < -0.39 is 0 Å². The van der Waals surface area contributed by atoms with Crippen LogP contribution in [-0.4, -0.2) is 26.9 Å². The first-order chi connectivity index (χ1) is 10.9. The van der Waals surface area contributed by atoms with Gasteiger partial charge in [0.25, 0.3) is 5.91 Å². The minimum absolute atomic E-state index is 0.0519. The maximum Gasteiger partial charge on any atom is 0.291 e. The van der Waals surface area contributed by atoms with Crippen LogP contribution in [-0.2, 0) is 12.1 Å². The molecule has 0 bridgehead atoms. The molecule has 2 heterocycles. The van der Waals surface area contributed by atoms with Crippen molar-refractivity contribution in [3.63, 3.8) is 0 Å². The molecule has 3 rings (SSSR count). The number of unbranched alkanes of at least 4 members (excludes halogenated alkanes) is 1. The van der Waals surface area contributed by atoms with Crippen molar-refractivity contribution in [1.29, 1.82) is 0 Å². The van der Waals surface area contributed by atoms with Gasteiger partial charge in [-0.1, -0.05) is 58.4 Å². The summed E-state index contributed by atoms with van der Waals surface area (Å²) in [4.78, 5) is 18.6. The minimum atomic E-state index is 0.0519. The van der Waals surface area contributed by atoms with Gasteiger partial charge in [-0.3, -0.25) is 4.79 Å². The van der Waals surface area contributed by atoms with Crippen LogP contribution in [0.25, 0.3) is 11.3 Å². The lowest BCUT2D eigenvalue weighted by atomic mass is 9.86. The summed E-state index contributed by atoms with van der Waals surface area (Å²) in [5.74, 6) is 0.618. The lowest BCUT2D eigenvalue weighted by Crippen LogP contribution is -2.25. The van der Waals surface area contributed by atoms with Gasteiger partial charge >= 0.3 is 0 Å². The van der Waals surface area contributed by atoms with Gasteiger partial charge in [-0.25, -0.2) is 4.98 Å². The van der Waals surface area contributed by atoms with Crippen molar-refractivity contribution in [2.24, 2.45) is 0 Å². The molecule has 1 aromatic heterocycles. The van der Waals surface area contributed by atoms with Crippen LogP contribution in [0.1, 0.15) is 56.7 Å². The summed E-state index contributed by atoms with van der Waals surface area (Å²) in [5, 5.41) is 0. The van der Waals surface area contributed by atoms with Crippen LogP contribution in [0.15, 0.2) is 30.5 Å². The van der Waals surface area contributed by atoms with Crippen molar-refractivity contribution >= 4 is 5.91 Å². The number of hydrogen-bond acceptors (Lipinski definition) is 2. The average Bonchev–Trinajstić information content (AvgIpc) is 3.05. The summed E-state index contributed by atoms with van der Waals surface area (Å²) in [6.45, 7) is 10.2. The van der Waals surface area contributed by atoms with Gasteiger partial charge in [0.05, 0.1) is 18.6 Å². The number of nitrogens with zero attached hydrogens (tertiary/aromatic N) is 3. The first-order valence-electron chi connectivity index (χ1n) is 8.37. The fraction of sp³-hybridized carbons (Fsp3) is 0.474. The van der Waals surface area contributed by atoms with Crippen LogP contribution in [0.3, 0.4) is 0 Å². The maximum atomic E-state index is 12.4. The number of aromatic nitrogens is 2. The number of rotatable bonds is 4. The first-order valence-corrected chi connectivity index (χ1v) is 8.37. The normalized spacial score (nSPS) is 14.4.